The average molecular weight is 398 g/mol. The number of amides is 2. The Balaban J connectivity index is 1.54. The second-order valence-electron chi connectivity index (χ2n) is 7.50. The van der Waals surface area contributed by atoms with Crippen LogP contribution in [0.2, 0.25) is 0 Å². The topological polar surface area (TPSA) is 69.7 Å². The van der Waals surface area contributed by atoms with Crippen LogP contribution in [-0.4, -0.2) is 56.8 Å². The lowest BCUT2D eigenvalue weighted by molar-refractivity contribution is 0.231. The molecule has 1 unspecified atom stereocenters. The number of rotatable bonds is 8. The summed E-state index contributed by atoms with van der Waals surface area (Å²) in [6.45, 7) is 3.06. The second kappa shape index (κ2) is 10.1. The minimum Gasteiger partial charge on any atom is -0.496 e. The van der Waals surface area contributed by atoms with E-state index in [4.69, 9.17) is 4.74 Å². The summed E-state index contributed by atoms with van der Waals surface area (Å²) < 4.78 is 5.48. The minimum atomic E-state index is -0.189. The molecule has 7 nitrogen and oxygen atoms in total. The molecule has 0 bridgehead atoms. The van der Waals surface area contributed by atoms with Gasteiger partial charge < -0.3 is 25.2 Å². The number of hydrogen-bond acceptors (Lipinski definition) is 5. The Morgan fingerprint density at radius 1 is 1.21 bits per heavy atom. The van der Waals surface area contributed by atoms with Crippen molar-refractivity contribution in [2.45, 2.75) is 25.4 Å². The van der Waals surface area contributed by atoms with Crippen LogP contribution < -0.4 is 20.3 Å². The summed E-state index contributed by atoms with van der Waals surface area (Å²) in [5, 5.41) is 5.93. The van der Waals surface area contributed by atoms with Crippen molar-refractivity contribution in [3.8, 4) is 5.75 Å². The van der Waals surface area contributed by atoms with Crippen molar-refractivity contribution >= 4 is 11.8 Å². The quantitative estimate of drug-likeness (QED) is 0.717. The number of urea groups is 1. The number of para-hydroxylation sites is 1. The van der Waals surface area contributed by atoms with Gasteiger partial charge in [0.2, 0.25) is 0 Å². The number of ether oxygens (including phenoxy) is 1. The number of benzene rings is 1. The van der Waals surface area contributed by atoms with Crippen LogP contribution >= 0.6 is 0 Å². The summed E-state index contributed by atoms with van der Waals surface area (Å²) in [7, 11) is 5.65. The van der Waals surface area contributed by atoms with E-state index >= 15 is 0 Å². The Labute approximate surface area is 173 Å². The molecule has 29 heavy (non-hydrogen) atoms. The molecule has 0 aliphatic carbocycles. The van der Waals surface area contributed by atoms with Gasteiger partial charge in [-0.3, -0.25) is 0 Å². The molecule has 1 saturated heterocycles. The van der Waals surface area contributed by atoms with Crippen LogP contribution in [0.3, 0.4) is 0 Å². The fraction of sp³-hybridized carbons (Fsp3) is 0.455. The molecule has 1 aromatic heterocycles. The van der Waals surface area contributed by atoms with Gasteiger partial charge in [0, 0.05) is 37.9 Å². The van der Waals surface area contributed by atoms with E-state index in [9.17, 15) is 4.79 Å². The summed E-state index contributed by atoms with van der Waals surface area (Å²) in [6, 6.07) is 11.7. The maximum Gasteiger partial charge on any atom is 0.315 e. The number of nitrogens with zero attached hydrogens (tertiary/aromatic N) is 3. The van der Waals surface area contributed by atoms with Gasteiger partial charge in [0.15, 0.2) is 0 Å². The van der Waals surface area contributed by atoms with Crippen molar-refractivity contribution in [1.29, 1.82) is 0 Å². The highest BCUT2D eigenvalue weighted by molar-refractivity contribution is 5.74. The largest absolute Gasteiger partial charge is 0.496 e. The molecule has 2 aromatic rings. The minimum absolute atomic E-state index is 0.0135. The predicted molar refractivity (Wildman–Crippen MR) is 115 cm³/mol. The zero-order valence-corrected chi connectivity index (χ0v) is 17.5. The molecular weight excluding hydrogens is 366 g/mol. The molecule has 1 aliphatic rings. The number of hydrogen-bond donors (Lipinski definition) is 2. The zero-order chi connectivity index (χ0) is 20.6. The molecule has 1 aromatic carbocycles. The number of aromatic nitrogens is 1. The summed E-state index contributed by atoms with van der Waals surface area (Å²) in [5.74, 6) is 1.81. The van der Waals surface area contributed by atoms with Crippen molar-refractivity contribution < 1.29 is 9.53 Å². The lowest BCUT2D eigenvalue weighted by Gasteiger charge is -2.26. The molecule has 156 valence electrons. The first-order valence-corrected chi connectivity index (χ1v) is 10.1. The highest BCUT2D eigenvalue weighted by Crippen LogP contribution is 2.27. The van der Waals surface area contributed by atoms with Gasteiger partial charge in [-0.15, -0.1) is 0 Å². The Hall–Kier alpha value is -2.80. The molecule has 2 heterocycles. The van der Waals surface area contributed by atoms with Gasteiger partial charge in [0.25, 0.3) is 0 Å². The van der Waals surface area contributed by atoms with E-state index in [1.54, 1.807) is 7.11 Å². The number of likely N-dealkylation sites (N-methyl/N-ethyl adjacent to an activating group) is 1. The van der Waals surface area contributed by atoms with Crippen molar-refractivity contribution in [3.63, 3.8) is 0 Å². The highest BCUT2D eigenvalue weighted by Gasteiger charge is 2.19. The van der Waals surface area contributed by atoms with Crippen molar-refractivity contribution in [1.82, 2.24) is 20.5 Å². The third kappa shape index (κ3) is 5.60. The standard InChI is InChI=1S/C22H31N5O2/c1-26(2)19(18-8-4-5-9-20(18)29-3)16-25-22(28)24-15-17-10-11-23-21(14-17)27-12-6-7-13-27/h4-5,8-11,14,19H,6-7,12-13,15-16H2,1-3H3,(H2,24,25,28). The van der Waals surface area contributed by atoms with Gasteiger partial charge in [-0.1, -0.05) is 18.2 Å². The molecule has 0 saturated carbocycles. The normalized spacial score (nSPS) is 14.7. The number of carbonyl (C=O) groups is 1. The Morgan fingerprint density at radius 3 is 2.69 bits per heavy atom. The smallest absolute Gasteiger partial charge is 0.315 e. The molecule has 1 fully saturated rings. The lowest BCUT2D eigenvalue weighted by Crippen LogP contribution is -2.40. The number of nitrogens with one attached hydrogen (secondary N) is 2. The van der Waals surface area contributed by atoms with E-state index in [0.29, 0.717) is 13.1 Å². The number of carbonyl (C=O) groups excluding carboxylic acids is 1. The monoisotopic (exact) mass is 397 g/mol. The summed E-state index contributed by atoms with van der Waals surface area (Å²) in [5.41, 5.74) is 2.09. The van der Waals surface area contributed by atoms with E-state index in [-0.39, 0.29) is 12.1 Å². The number of pyridine rings is 1. The second-order valence-corrected chi connectivity index (χ2v) is 7.50. The third-order valence-corrected chi connectivity index (χ3v) is 5.27. The Morgan fingerprint density at radius 2 is 1.97 bits per heavy atom. The predicted octanol–water partition coefficient (Wildman–Crippen LogP) is 2.79. The van der Waals surface area contributed by atoms with Crippen LogP contribution in [0, 0.1) is 0 Å². The summed E-state index contributed by atoms with van der Waals surface area (Å²) in [4.78, 5) is 21.2. The fourth-order valence-electron chi connectivity index (χ4n) is 3.64. The SMILES string of the molecule is COc1ccccc1C(CNC(=O)NCc1ccnc(N2CCCC2)c1)N(C)C. The van der Waals surface area contributed by atoms with Crippen LogP contribution in [0.4, 0.5) is 10.6 Å². The first kappa shape index (κ1) is 20.9. The summed E-state index contributed by atoms with van der Waals surface area (Å²) in [6.07, 6.45) is 4.24. The third-order valence-electron chi connectivity index (χ3n) is 5.27. The molecule has 3 rings (SSSR count). The molecule has 7 heteroatoms. The van der Waals surface area contributed by atoms with Crippen LogP contribution in [0.5, 0.6) is 5.75 Å². The van der Waals surface area contributed by atoms with Gasteiger partial charge in [-0.05, 0) is 50.7 Å². The fourth-order valence-corrected chi connectivity index (χ4v) is 3.64. The Kier molecular flexibility index (Phi) is 7.30. The van der Waals surface area contributed by atoms with E-state index < -0.39 is 0 Å². The maximum absolute atomic E-state index is 12.4. The van der Waals surface area contributed by atoms with Crippen LogP contribution in [0.25, 0.3) is 0 Å². The number of methoxy groups -OCH3 is 1. The van der Waals surface area contributed by atoms with Crippen molar-refractivity contribution in [3.05, 3.63) is 53.7 Å². The van der Waals surface area contributed by atoms with Gasteiger partial charge in [0.05, 0.1) is 13.2 Å². The van der Waals surface area contributed by atoms with Crippen molar-refractivity contribution in [2.75, 3.05) is 45.7 Å². The van der Waals surface area contributed by atoms with E-state index in [1.807, 2.05) is 50.6 Å². The first-order valence-electron chi connectivity index (χ1n) is 10.1. The lowest BCUT2D eigenvalue weighted by atomic mass is 10.0. The molecule has 1 atom stereocenters. The van der Waals surface area contributed by atoms with Gasteiger partial charge in [0.1, 0.15) is 11.6 Å². The highest BCUT2D eigenvalue weighted by atomic mass is 16.5. The average Bonchev–Trinajstić information content (AvgIpc) is 3.28. The first-order chi connectivity index (χ1) is 14.1. The maximum atomic E-state index is 12.4. The Bertz CT molecular complexity index is 805. The van der Waals surface area contributed by atoms with Gasteiger partial charge >= 0.3 is 6.03 Å². The van der Waals surface area contributed by atoms with Crippen LogP contribution in [0.1, 0.15) is 30.0 Å². The zero-order valence-electron chi connectivity index (χ0n) is 17.5. The molecule has 2 N–H and O–H groups in total. The van der Waals surface area contributed by atoms with Crippen molar-refractivity contribution in [2.24, 2.45) is 0 Å². The van der Waals surface area contributed by atoms with Gasteiger partial charge in [-0.25, -0.2) is 9.78 Å². The van der Waals surface area contributed by atoms with Gasteiger partial charge in [-0.2, -0.15) is 0 Å². The van der Waals surface area contributed by atoms with E-state index in [2.05, 4.69) is 31.5 Å². The molecule has 1 aliphatic heterocycles. The molecule has 0 radical (unpaired) electrons. The molecular formula is C22H31N5O2. The van der Waals surface area contributed by atoms with E-state index in [0.717, 1.165) is 35.8 Å². The number of anilines is 1. The van der Waals surface area contributed by atoms with E-state index in [1.165, 1.54) is 12.8 Å². The molecule has 2 amide bonds. The summed E-state index contributed by atoms with van der Waals surface area (Å²) >= 11 is 0. The molecule has 0 spiro atoms. The van der Waals surface area contributed by atoms with Crippen LogP contribution in [0.15, 0.2) is 42.6 Å². The van der Waals surface area contributed by atoms with Crippen LogP contribution in [-0.2, 0) is 6.54 Å².